The number of unbranched alkanes of at least 4 members (excludes halogenated alkanes) is 1. The Balaban J connectivity index is 1.65. The van der Waals surface area contributed by atoms with Crippen molar-refractivity contribution in [1.82, 2.24) is 20.9 Å². The second-order valence-electron chi connectivity index (χ2n) is 7.67. The second kappa shape index (κ2) is 7.14. The Labute approximate surface area is 155 Å². The fourth-order valence-corrected chi connectivity index (χ4v) is 4.10. The van der Waals surface area contributed by atoms with Gasteiger partial charge < -0.3 is 10.7 Å². The first-order chi connectivity index (χ1) is 12.7. The van der Waals surface area contributed by atoms with Gasteiger partial charge in [0.15, 0.2) is 0 Å². The van der Waals surface area contributed by atoms with E-state index in [1.807, 2.05) is 12.3 Å². The molecule has 5 heteroatoms. The predicted molar refractivity (Wildman–Crippen MR) is 106 cm³/mol. The van der Waals surface area contributed by atoms with Gasteiger partial charge in [0.2, 0.25) is 0 Å². The third kappa shape index (κ3) is 3.11. The highest BCUT2D eigenvalue weighted by Gasteiger charge is 2.42. The van der Waals surface area contributed by atoms with Gasteiger partial charge in [0.05, 0.1) is 29.9 Å². The van der Waals surface area contributed by atoms with Gasteiger partial charge in [-0.25, -0.2) is 0 Å². The number of aromatic nitrogens is 2. The first-order valence-electron chi connectivity index (χ1n) is 9.85. The molecule has 0 amide bonds. The number of nitrogens with zero attached hydrogens (tertiary/aromatic N) is 2. The van der Waals surface area contributed by atoms with E-state index in [1.54, 1.807) is 0 Å². The minimum Gasteiger partial charge on any atom is -0.380 e. The zero-order chi connectivity index (χ0) is 18.1. The molecule has 1 saturated carbocycles. The molecule has 1 aromatic rings. The molecule has 0 saturated heterocycles. The van der Waals surface area contributed by atoms with Gasteiger partial charge in [-0.2, -0.15) is 10.2 Å². The maximum atomic E-state index is 4.69. The summed E-state index contributed by atoms with van der Waals surface area (Å²) in [4.78, 5) is 0. The molecule has 2 aliphatic heterocycles. The molecule has 138 valence electrons. The molecule has 0 radical (unpaired) electrons. The summed E-state index contributed by atoms with van der Waals surface area (Å²) in [5, 5.41) is 15.5. The van der Waals surface area contributed by atoms with Crippen molar-refractivity contribution >= 4 is 5.71 Å². The van der Waals surface area contributed by atoms with Gasteiger partial charge in [0.25, 0.3) is 0 Å². The van der Waals surface area contributed by atoms with Crippen molar-refractivity contribution < 1.29 is 0 Å². The quantitative estimate of drug-likeness (QED) is 0.653. The Morgan fingerprint density at radius 2 is 2.19 bits per heavy atom. The van der Waals surface area contributed by atoms with Gasteiger partial charge in [0, 0.05) is 17.5 Å². The van der Waals surface area contributed by atoms with E-state index >= 15 is 0 Å². The summed E-state index contributed by atoms with van der Waals surface area (Å²) in [5.74, 6) is 0.960. The first-order valence-corrected chi connectivity index (χ1v) is 9.85. The minimum absolute atomic E-state index is 0.183. The van der Waals surface area contributed by atoms with Gasteiger partial charge in [0.1, 0.15) is 0 Å². The van der Waals surface area contributed by atoms with E-state index in [1.165, 1.54) is 48.1 Å². The number of hydrogen-bond acceptors (Lipinski definition) is 4. The molecule has 3 atom stereocenters. The molecule has 1 fully saturated rings. The average Bonchev–Trinajstić information content (AvgIpc) is 3.27. The van der Waals surface area contributed by atoms with Crippen LogP contribution in [0.2, 0.25) is 0 Å². The van der Waals surface area contributed by atoms with E-state index in [4.69, 9.17) is 0 Å². The molecule has 1 aromatic heterocycles. The third-order valence-corrected chi connectivity index (χ3v) is 5.77. The van der Waals surface area contributed by atoms with Crippen molar-refractivity contribution in [3.05, 3.63) is 53.5 Å². The average molecular weight is 351 g/mol. The Morgan fingerprint density at radius 3 is 2.85 bits per heavy atom. The van der Waals surface area contributed by atoms with Crippen LogP contribution in [0, 0.1) is 18.8 Å². The maximum absolute atomic E-state index is 4.69. The van der Waals surface area contributed by atoms with Gasteiger partial charge >= 0.3 is 0 Å². The fourth-order valence-electron chi connectivity index (χ4n) is 4.10. The van der Waals surface area contributed by atoms with Crippen LogP contribution in [0.3, 0.4) is 0 Å². The van der Waals surface area contributed by atoms with Crippen LogP contribution in [-0.2, 0) is 0 Å². The fraction of sp³-hybridized carbons (Fsp3) is 0.524. The number of aryl methyl sites for hydroxylation is 1. The zero-order valence-corrected chi connectivity index (χ0v) is 15.8. The monoisotopic (exact) mass is 351 g/mol. The number of hydrazone groups is 1. The van der Waals surface area contributed by atoms with Crippen LogP contribution in [0.15, 0.2) is 47.4 Å². The summed E-state index contributed by atoms with van der Waals surface area (Å²) in [6.07, 6.45) is 14.6. The van der Waals surface area contributed by atoms with Crippen molar-refractivity contribution in [3.63, 3.8) is 0 Å². The number of hydrogen-bond donors (Lipinski definition) is 3. The van der Waals surface area contributed by atoms with Crippen LogP contribution in [0.1, 0.15) is 56.3 Å². The Hall–Kier alpha value is -2.30. The van der Waals surface area contributed by atoms with Gasteiger partial charge in [-0.3, -0.25) is 5.10 Å². The van der Waals surface area contributed by atoms with E-state index in [-0.39, 0.29) is 12.1 Å². The molecule has 5 nitrogen and oxygen atoms in total. The third-order valence-electron chi connectivity index (χ3n) is 5.77. The van der Waals surface area contributed by atoms with Gasteiger partial charge in [-0.05, 0) is 49.7 Å². The Bertz CT molecular complexity index is 765. The summed E-state index contributed by atoms with van der Waals surface area (Å²) in [5.41, 5.74) is 9.81. The molecular formula is C21H29N5. The highest BCUT2D eigenvalue weighted by Crippen LogP contribution is 2.42. The topological polar surface area (TPSA) is 65.1 Å². The number of rotatable bonds is 7. The molecule has 1 aliphatic carbocycles. The summed E-state index contributed by atoms with van der Waals surface area (Å²) < 4.78 is 0. The lowest BCUT2D eigenvalue weighted by molar-refractivity contribution is 0.588. The van der Waals surface area contributed by atoms with Gasteiger partial charge in [-0.1, -0.05) is 25.5 Å². The number of aromatic amines is 1. The van der Waals surface area contributed by atoms with Crippen LogP contribution < -0.4 is 10.7 Å². The number of nitrogens with one attached hydrogen (secondary N) is 3. The van der Waals surface area contributed by atoms with E-state index in [2.05, 4.69) is 58.7 Å². The van der Waals surface area contributed by atoms with Crippen molar-refractivity contribution in [3.8, 4) is 0 Å². The first kappa shape index (κ1) is 17.1. The van der Waals surface area contributed by atoms with Crippen molar-refractivity contribution in [2.45, 2.75) is 58.0 Å². The second-order valence-corrected chi connectivity index (χ2v) is 7.67. The lowest BCUT2D eigenvalue weighted by atomic mass is 9.79. The summed E-state index contributed by atoms with van der Waals surface area (Å²) in [6.45, 7) is 8.37. The minimum atomic E-state index is 0.183. The highest BCUT2D eigenvalue weighted by atomic mass is 15.3. The van der Waals surface area contributed by atoms with Crippen molar-refractivity contribution in [1.29, 1.82) is 0 Å². The predicted octanol–water partition coefficient (Wildman–Crippen LogP) is 3.90. The molecule has 3 N–H and O–H groups in total. The molecule has 0 aromatic carbocycles. The van der Waals surface area contributed by atoms with Crippen LogP contribution in [0.25, 0.3) is 0 Å². The Kier molecular flexibility index (Phi) is 4.70. The van der Waals surface area contributed by atoms with E-state index in [9.17, 15) is 0 Å². The SMILES string of the molecule is C=CC1NN=C(C2CC2)C1C1=CNC(c2cn[nH]c2C)C=C1CCCC. The van der Waals surface area contributed by atoms with E-state index in [0.717, 1.165) is 12.1 Å². The van der Waals surface area contributed by atoms with Crippen LogP contribution in [0.4, 0.5) is 0 Å². The Morgan fingerprint density at radius 1 is 1.35 bits per heavy atom. The molecular weight excluding hydrogens is 322 g/mol. The van der Waals surface area contributed by atoms with Crippen LogP contribution >= 0.6 is 0 Å². The maximum Gasteiger partial charge on any atom is 0.0740 e. The molecule has 0 bridgehead atoms. The van der Waals surface area contributed by atoms with Crippen LogP contribution in [0.5, 0.6) is 0 Å². The molecule has 3 unspecified atom stereocenters. The van der Waals surface area contributed by atoms with Crippen LogP contribution in [-0.4, -0.2) is 22.0 Å². The van der Waals surface area contributed by atoms with E-state index in [0.29, 0.717) is 11.8 Å². The lowest BCUT2D eigenvalue weighted by Crippen LogP contribution is -2.33. The molecule has 26 heavy (non-hydrogen) atoms. The standard InChI is InChI=1S/C21H29N5/c1-4-6-7-15-10-19(16-12-23-24-13(16)3)22-11-17(15)20-18(5-2)25-26-21(20)14-8-9-14/h5,10-12,14,18-20,22,25H,2,4,6-9H2,1,3H3,(H,23,24). The van der Waals surface area contributed by atoms with Crippen molar-refractivity contribution in [2.24, 2.45) is 16.9 Å². The smallest absolute Gasteiger partial charge is 0.0740 e. The van der Waals surface area contributed by atoms with Crippen molar-refractivity contribution in [2.75, 3.05) is 0 Å². The lowest BCUT2D eigenvalue weighted by Gasteiger charge is -2.29. The van der Waals surface area contributed by atoms with Gasteiger partial charge in [-0.15, -0.1) is 6.58 Å². The van der Waals surface area contributed by atoms with E-state index < -0.39 is 0 Å². The number of allylic oxidation sites excluding steroid dienone is 1. The number of dihydropyridines is 1. The molecule has 0 spiro atoms. The molecule has 3 aliphatic rings. The normalized spacial score (nSPS) is 27.9. The summed E-state index contributed by atoms with van der Waals surface area (Å²) in [7, 11) is 0. The number of H-pyrrole nitrogens is 1. The molecule has 3 heterocycles. The zero-order valence-electron chi connectivity index (χ0n) is 15.8. The molecule has 4 rings (SSSR count). The summed E-state index contributed by atoms with van der Waals surface area (Å²) in [6, 6.07) is 0.373. The highest BCUT2D eigenvalue weighted by molar-refractivity contribution is 5.95. The largest absolute Gasteiger partial charge is 0.380 e. The summed E-state index contributed by atoms with van der Waals surface area (Å²) >= 11 is 0.